The minimum atomic E-state index is -0.313. The molecule has 4 heteroatoms. The maximum atomic E-state index is 14.0. The number of benzene rings is 2. The van der Waals surface area contributed by atoms with Crippen LogP contribution in [-0.4, -0.2) is 23.1 Å². The highest BCUT2D eigenvalue weighted by Crippen LogP contribution is 2.46. The van der Waals surface area contributed by atoms with E-state index in [1.54, 1.807) is 13.8 Å². The number of carbonyl (C=O) groups excluding carboxylic acids is 1. The molecule has 2 aromatic rings. The molecule has 3 rings (SSSR count). The predicted molar refractivity (Wildman–Crippen MR) is 129 cm³/mol. The van der Waals surface area contributed by atoms with Gasteiger partial charge in [0.05, 0.1) is 7.11 Å². The van der Waals surface area contributed by atoms with Crippen molar-refractivity contribution in [1.29, 1.82) is 0 Å². The number of hydrogen-bond donors (Lipinski definition) is 2. The number of carbonyl (C=O) groups is 1. The number of Topliss-reactive ketones (excluding diaryl/α,β-unsaturated/α-hetero) is 1. The summed E-state index contributed by atoms with van der Waals surface area (Å²) in [6, 6.07) is 10.1. The van der Waals surface area contributed by atoms with Gasteiger partial charge < -0.3 is 14.9 Å². The number of aromatic hydroxyl groups is 2. The van der Waals surface area contributed by atoms with Gasteiger partial charge in [-0.3, -0.25) is 4.79 Å². The van der Waals surface area contributed by atoms with Crippen LogP contribution in [0.3, 0.4) is 0 Å². The Kier molecular flexibility index (Phi) is 7.44. The average Bonchev–Trinajstić information content (AvgIpc) is 2.79. The molecular formula is C28H34O4. The van der Waals surface area contributed by atoms with E-state index in [1.165, 1.54) is 18.3 Å². The lowest BCUT2D eigenvalue weighted by molar-refractivity contribution is 0.0887. The van der Waals surface area contributed by atoms with Gasteiger partial charge in [0.1, 0.15) is 22.8 Å². The fraction of sp³-hybridized carbons (Fsp3) is 0.393. The number of ketones is 1. The van der Waals surface area contributed by atoms with Crippen molar-refractivity contribution < 1.29 is 19.7 Å². The molecule has 2 N–H and O–H groups in total. The first kappa shape index (κ1) is 23.6. The Morgan fingerprint density at radius 1 is 1.09 bits per heavy atom. The fourth-order valence-corrected chi connectivity index (χ4v) is 4.71. The van der Waals surface area contributed by atoms with Crippen LogP contribution in [0.1, 0.15) is 72.5 Å². The molecule has 0 spiro atoms. The zero-order valence-electron chi connectivity index (χ0n) is 19.7. The summed E-state index contributed by atoms with van der Waals surface area (Å²) in [5, 5.41) is 21.2. The third-order valence-electron chi connectivity index (χ3n) is 6.53. The summed E-state index contributed by atoms with van der Waals surface area (Å²) in [5.74, 6) is -0.402. The van der Waals surface area contributed by atoms with Gasteiger partial charge in [0.25, 0.3) is 0 Å². The standard InChI is InChI=1S/C28H34O4/c1-17(2)10-9-11-20-14-15-22(21-12-7-6-8-13-21)23(16-20)27(31)24-26(30)18(3)25(29)19(4)28(24)32-5/h6-8,10,12-14,22-23,29-30H,9,11,15-16H2,1-5H3/t22-,23?/m0/s1. The molecule has 0 heterocycles. The normalized spacial score (nSPS) is 18.1. The van der Waals surface area contributed by atoms with E-state index >= 15 is 0 Å². The van der Waals surface area contributed by atoms with Crippen molar-refractivity contribution in [3.63, 3.8) is 0 Å². The second-order valence-corrected chi connectivity index (χ2v) is 8.97. The van der Waals surface area contributed by atoms with Gasteiger partial charge in [0.15, 0.2) is 5.78 Å². The van der Waals surface area contributed by atoms with Crippen LogP contribution in [-0.2, 0) is 0 Å². The van der Waals surface area contributed by atoms with Gasteiger partial charge in [-0.25, -0.2) is 0 Å². The van der Waals surface area contributed by atoms with Crippen LogP contribution < -0.4 is 4.74 Å². The van der Waals surface area contributed by atoms with Crippen LogP contribution in [0.2, 0.25) is 0 Å². The summed E-state index contributed by atoms with van der Waals surface area (Å²) in [7, 11) is 1.47. The second-order valence-electron chi connectivity index (χ2n) is 8.97. The van der Waals surface area contributed by atoms with Gasteiger partial charge in [-0.15, -0.1) is 0 Å². The van der Waals surface area contributed by atoms with Crippen LogP contribution >= 0.6 is 0 Å². The number of rotatable bonds is 7. The number of methoxy groups -OCH3 is 1. The molecule has 0 saturated carbocycles. The van der Waals surface area contributed by atoms with Crippen LogP contribution in [0.15, 0.2) is 53.6 Å². The van der Waals surface area contributed by atoms with Gasteiger partial charge in [-0.1, -0.05) is 53.6 Å². The summed E-state index contributed by atoms with van der Waals surface area (Å²) in [5.41, 5.74) is 4.64. The van der Waals surface area contributed by atoms with E-state index in [-0.39, 0.29) is 40.4 Å². The Morgan fingerprint density at radius 3 is 2.41 bits per heavy atom. The molecule has 1 unspecified atom stereocenters. The van der Waals surface area contributed by atoms with Crippen LogP contribution in [0.25, 0.3) is 0 Å². The van der Waals surface area contributed by atoms with Gasteiger partial charge in [0.2, 0.25) is 0 Å². The van der Waals surface area contributed by atoms with Crippen molar-refractivity contribution in [1.82, 2.24) is 0 Å². The largest absolute Gasteiger partial charge is 0.507 e. The smallest absolute Gasteiger partial charge is 0.174 e. The minimum absolute atomic E-state index is 0.0226. The van der Waals surface area contributed by atoms with Crippen LogP contribution in [0, 0.1) is 19.8 Å². The third-order valence-corrected chi connectivity index (χ3v) is 6.53. The first-order valence-electron chi connectivity index (χ1n) is 11.3. The van der Waals surface area contributed by atoms with Crippen LogP contribution in [0.5, 0.6) is 17.2 Å². The zero-order valence-corrected chi connectivity index (χ0v) is 19.7. The number of phenols is 2. The topological polar surface area (TPSA) is 66.8 Å². The number of ether oxygens (including phenoxy) is 1. The molecular weight excluding hydrogens is 400 g/mol. The molecule has 1 aliphatic carbocycles. The molecule has 1 aliphatic rings. The first-order chi connectivity index (χ1) is 15.3. The highest BCUT2D eigenvalue weighted by molar-refractivity contribution is 6.04. The molecule has 2 aromatic carbocycles. The Morgan fingerprint density at radius 2 is 1.78 bits per heavy atom. The Hall–Kier alpha value is -3.01. The molecule has 0 aliphatic heterocycles. The molecule has 170 valence electrons. The van der Waals surface area contributed by atoms with E-state index < -0.39 is 0 Å². The highest BCUT2D eigenvalue weighted by Gasteiger charge is 2.37. The molecule has 0 saturated heterocycles. The molecule has 4 nitrogen and oxygen atoms in total. The molecule has 32 heavy (non-hydrogen) atoms. The molecule has 0 aromatic heterocycles. The van der Waals surface area contributed by atoms with Crippen molar-refractivity contribution in [2.24, 2.45) is 5.92 Å². The summed E-state index contributed by atoms with van der Waals surface area (Å²) >= 11 is 0. The van der Waals surface area contributed by atoms with Crippen molar-refractivity contribution >= 4 is 5.78 Å². The monoisotopic (exact) mass is 434 g/mol. The predicted octanol–water partition coefficient (Wildman–Crippen LogP) is 6.77. The lowest BCUT2D eigenvalue weighted by Crippen LogP contribution is -2.26. The summed E-state index contributed by atoms with van der Waals surface area (Å²) < 4.78 is 5.50. The van der Waals surface area contributed by atoms with Crippen molar-refractivity contribution in [2.45, 2.75) is 59.3 Å². The van der Waals surface area contributed by atoms with Gasteiger partial charge in [-0.05, 0) is 64.9 Å². The lowest BCUT2D eigenvalue weighted by Gasteiger charge is -2.32. The molecule has 0 radical (unpaired) electrons. The van der Waals surface area contributed by atoms with Gasteiger partial charge >= 0.3 is 0 Å². The van der Waals surface area contributed by atoms with Crippen LogP contribution in [0.4, 0.5) is 0 Å². The zero-order chi connectivity index (χ0) is 23.4. The van der Waals surface area contributed by atoms with E-state index in [4.69, 9.17) is 4.74 Å². The van der Waals surface area contributed by atoms with E-state index in [9.17, 15) is 15.0 Å². The SMILES string of the molecule is COc1c(C)c(O)c(C)c(O)c1C(=O)C1CC(CCC=C(C)C)=CC[C@H]1c1ccccc1. The van der Waals surface area contributed by atoms with E-state index in [0.29, 0.717) is 17.5 Å². The van der Waals surface area contributed by atoms with Gasteiger partial charge in [0, 0.05) is 17.0 Å². The first-order valence-corrected chi connectivity index (χ1v) is 11.3. The second kappa shape index (κ2) is 10.1. The Balaban J connectivity index is 2.04. The molecule has 2 atom stereocenters. The maximum absolute atomic E-state index is 14.0. The maximum Gasteiger partial charge on any atom is 0.174 e. The lowest BCUT2D eigenvalue weighted by atomic mass is 9.71. The highest BCUT2D eigenvalue weighted by atomic mass is 16.5. The number of phenolic OH excluding ortho intramolecular Hbond substituents is 2. The van der Waals surface area contributed by atoms with Crippen molar-refractivity contribution in [2.75, 3.05) is 7.11 Å². The number of allylic oxidation sites excluding steroid dienone is 4. The summed E-state index contributed by atoms with van der Waals surface area (Å²) in [6.45, 7) is 7.51. The van der Waals surface area contributed by atoms with E-state index in [2.05, 4.69) is 38.1 Å². The quantitative estimate of drug-likeness (QED) is 0.373. The van der Waals surface area contributed by atoms with Crippen molar-refractivity contribution in [3.05, 3.63) is 75.9 Å². The summed E-state index contributed by atoms with van der Waals surface area (Å²) in [6.07, 6.45) is 7.82. The van der Waals surface area contributed by atoms with E-state index in [1.807, 2.05) is 18.2 Å². The van der Waals surface area contributed by atoms with E-state index in [0.717, 1.165) is 24.8 Å². The Bertz CT molecular complexity index is 1040. The average molecular weight is 435 g/mol. The third kappa shape index (κ3) is 4.74. The molecule has 0 fully saturated rings. The fourth-order valence-electron chi connectivity index (χ4n) is 4.71. The summed E-state index contributed by atoms with van der Waals surface area (Å²) in [4.78, 5) is 14.0. The van der Waals surface area contributed by atoms with Gasteiger partial charge in [-0.2, -0.15) is 0 Å². The molecule has 0 bridgehead atoms. The number of hydrogen-bond acceptors (Lipinski definition) is 4. The molecule has 0 amide bonds. The Labute approximate surface area is 191 Å². The minimum Gasteiger partial charge on any atom is -0.507 e. The van der Waals surface area contributed by atoms with Crippen molar-refractivity contribution in [3.8, 4) is 17.2 Å².